The largest absolute Gasteiger partial charge is 0.354 e. The molecule has 0 amide bonds. The summed E-state index contributed by atoms with van der Waals surface area (Å²) in [7, 11) is -3.50. The first kappa shape index (κ1) is 14.7. The molecular weight excluding hydrogens is 288 g/mol. The maximum atomic E-state index is 12.3. The summed E-state index contributed by atoms with van der Waals surface area (Å²) < 4.78 is 27.3. The molecule has 1 heterocycles. The van der Waals surface area contributed by atoms with Gasteiger partial charge in [-0.05, 0) is 43.4 Å². The maximum Gasteiger partial charge on any atom is 0.243 e. The Labute approximate surface area is 125 Å². The molecule has 7 heteroatoms. The summed E-state index contributed by atoms with van der Waals surface area (Å²) >= 11 is 0. The van der Waals surface area contributed by atoms with Gasteiger partial charge < -0.3 is 5.32 Å². The quantitative estimate of drug-likeness (QED) is 0.764. The average Bonchev–Trinajstić information content (AvgIpc) is 3.36. The Hall–Kier alpha value is -1.21. The summed E-state index contributed by atoms with van der Waals surface area (Å²) in [6.07, 6.45) is 8.50. The number of anilines is 1. The van der Waals surface area contributed by atoms with Crippen molar-refractivity contribution in [2.75, 3.05) is 18.4 Å². The number of sulfonamides is 1. The fourth-order valence-electron chi connectivity index (χ4n) is 2.69. The molecule has 0 unspecified atom stereocenters. The van der Waals surface area contributed by atoms with E-state index in [9.17, 15) is 8.42 Å². The van der Waals surface area contributed by atoms with Gasteiger partial charge in [-0.1, -0.05) is 6.92 Å². The average molecular weight is 310 g/mol. The van der Waals surface area contributed by atoms with Gasteiger partial charge in [-0.25, -0.2) is 23.1 Å². The van der Waals surface area contributed by atoms with E-state index < -0.39 is 10.0 Å². The van der Waals surface area contributed by atoms with Gasteiger partial charge in [-0.3, -0.25) is 0 Å². The normalized spacial score (nSPS) is 20.2. The molecule has 3 rings (SSSR count). The number of aromatic nitrogens is 2. The van der Waals surface area contributed by atoms with E-state index in [1.165, 1.54) is 25.2 Å². The molecular formula is C14H22N4O2S. The fraction of sp³-hybridized carbons (Fsp3) is 0.714. The predicted molar refractivity (Wildman–Crippen MR) is 80.4 cm³/mol. The lowest BCUT2D eigenvalue weighted by atomic mass is 10.0. The van der Waals surface area contributed by atoms with E-state index in [1.807, 2.05) is 6.92 Å². The molecule has 0 atom stereocenters. The summed E-state index contributed by atoms with van der Waals surface area (Å²) in [5.74, 6) is 1.20. The Balaban J connectivity index is 1.61. The predicted octanol–water partition coefficient (Wildman–Crippen LogP) is 1.77. The minimum atomic E-state index is -3.50. The van der Waals surface area contributed by atoms with Crippen LogP contribution in [0.5, 0.6) is 0 Å². The highest BCUT2D eigenvalue weighted by atomic mass is 32.2. The molecule has 2 fully saturated rings. The van der Waals surface area contributed by atoms with Crippen LogP contribution < -0.4 is 10.0 Å². The molecule has 2 aliphatic carbocycles. The third-order valence-electron chi connectivity index (χ3n) is 4.42. The molecule has 116 valence electrons. The van der Waals surface area contributed by atoms with Crippen LogP contribution in [-0.2, 0) is 10.0 Å². The van der Waals surface area contributed by atoms with E-state index in [0.717, 1.165) is 31.7 Å². The first-order chi connectivity index (χ1) is 10.1. The topological polar surface area (TPSA) is 84.0 Å². The molecule has 0 saturated heterocycles. The van der Waals surface area contributed by atoms with Crippen LogP contribution in [-0.4, -0.2) is 31.5 Å². The van der Waals surface area contributed by atoms with Crippen molar-refractivity contribution in [3.05, 3.63) is 12.4 Å². The second-order valence-electron chi connectivity index (χ2n) is 6.13. The summed E-state index contributed by atoms with van der Waals surface area (Å²) in [5, 5.41) is 3.02. The summed E-state index contributed by atoms with van der Waals surface area (Å²) in [4.78, 5) is 8.23. The highest BCUT2D eigenvalue weighted by Crippen LogP contribution is 2.60. The molecule has 21 heavy (non-hydrogen) atoms. The minimum absolute atomic E-state index is 0.135. The molecule has 2 saturated carbocycles. The van der Waals surface area contributed by atoms with Crippen molar-refractivity contribution in [2.45, 2.75) is 43.9 Å². The summed E-state index contributed by atoms with van der Waals surface area (Å²) in [6.45, 7) is 3.37. The lowest BCUT2D eigenvalue weighted by Crippen LogP contribution is -2.31. The first-order valence-electron chi connectivity index (χ1n) is 7.61. The van der Waals surface area contributed by atoms with E-state index in [0.29, 0.717) is 12.5 Å². The lowest BCUT2D eigenvalue weighted by Gasteiger charge is -2.15. The van der Waals surface area contributed by atoms with Crippen molar-refractivity contribution in [2.24, 2.45) is 11.3 Å². The molecule has 0 aliphatic heterocycles. The number of nitrogens with one attached hydrogen (secondary N) is 2. The zero-order valence-electron chi connectivity index (χ0n) is 12.3. The van der Waals surface area contributed by atoms with E-state index >= 15 is 0 Å². The molecule has 0 spiro atoms. The summed E-state index contributed by atoms with van der Waals surface area (Å²) in [5.41, 5.74) is 0.247. The van der Waals surface area contributed by atoms with Crippen molar-refractivity contribution in [1.29, 1.82) is 0 Å². The Bertz CT molecular complexity index is 592. The van der Waals surface area contributed by atoms with Crippen LogP contribution in [0.3, 0.4) is 0 Å². The zero-order valence-corrected chi connectivity index (χ0v) is 13.1. The van der Waals surface area contributed by atoms with Crippen molar-refractivity contribution >= 4 is 16.0 Å². The van der Waals surface area contributed by atoms with Gasteiger partial charge in [0.2, 0.25) is 16.0 Å². The Kier molecular flexibility index (Phi) is 3.88. The first-order valence-corrected chi connectivity index (χ1v) is 9.10. The molecule has 2 aliphatic rings. The fourth-order valence-corrected chi connectivity index (χ4v) is 3.72. The molecule has 0 radical (unpaired) electrons. The van der Waals surface area contributed by atoms with E-state index in [1.54, 1.807) is 0 Å². The van der Waals surface area contributed by atoms with Crippen LogP contribution >= 0.6 is 0 Å². The van der Waals surface area contributed by atoms with Gasteiger partial charge in [-0.2, -0.15) is 0 Å². The zero-order chi connectivity index (χ0) is 14.9. The highest BCUT2D eigenvalue weighted by molar-refractivity contribution is 7.89. The number of hydrogen-bond acceptors (Lipinski definition) is 5. The minimum Gasteiger partial charge on any atom is -0.354 e. The van der Waals surface area contributed by atoms with Gasteiger partial charge in [0.25, 0.3) is 0 Å². The molecule has 6 nitrogen and oxygen atoms in total. The molecule has 0 aromatic carbocycles. The van der Waals surface area contributed by atoms with Gasteiger partial charge >= 0.3 is 0 Å². The molecule has 2 N–H and O–H groups in total. The van der Waals surface area contributed by atoms with Gasteiger partial charge in [0.05, 0.1) is 12.4 Å². The van der Waals surface area contributed by atoms with Gasteiger partial charge in [0.1, 0.15) is 4.90 Å². The third kappa shape index (κ3) is 3.35. The second-order valence-corrected chi connectivity index (χ2v) is 7.90. The van der Waals surface area contributed by atoms with Gasteiger partial charge in [0, 0.05) is 13.1 Å². The number of rotatable bonds is 8. The smallest absolute Gasteiger partial charge is 0.243 e. The Morgan fingerprint density at radius 3 is 2.48 bits per heavy atom. The Morgan fingerprint density at radius 2 is 1.95 bits per heavy atom. The lowest BCUT2D eigenvalue weighted by molar-refractivity contribution is 0.432. The van der Waals surface area contributed by atoms with Crippen LogP contribution in [0, 0.1) is 11.3 Å². The van der Waals surface area contributed by atoms with Crippen LogP contribution in [0.25, 0.3) is 0 Å². The van der Waals surface area contributed by atoms with Gasteiger partial charge in [0.15, 0.2) is 0 Å². The van der Waals surface area contributed by atoms with Crippen LogP contribution in [0.4, 0.5) is 5.95 Å². The van der Waals surface area contributed by atoms with Crippen LogP contribution in [0.15, 0.2) is 17.3 Å². The van der Waals surface area contributed by atoms with Crippen LogP contribution in [0.1, 0.15) is 39.0 Å². The monoisotopic (exact) mass is 310 g/mol. The van der Waals surface area contributed by atoms with Crippen molar-refractivity contribution in [1.82, 2.24) is 14.7 Å². The third-order valence-corrected chi connectivity index (χ3v) is 5.78. The molecule has 0 bridgehead atoms. The number of nitrogens with zero attached hydrogens (tertiary/aromatic N) is 2. The van der Waals surface area contributed by atoms with Crippen molar-refractivity contribution < 1.29 is 8.42 Å². The number of hydrogen-bond donors (Lipinski definition) is 2. The highest BCUT2D eigenvalue weighted by Gasteiger charge is 2.53. The second kappa shape index (κ2) is 5.53. The van der Waals surface area contributed by atoms with E-state index in [-0.39, 0.29) is 10.3 Å². The van der Waals surface area contributed by atoms with E-state index in [4.69, 9.17) is 0 Å². The van der Waals surface area contributed by atoms with Crippen molar-refractivity contribution in [3.63, 3.8) is 0 Å². The van der Waals surface area contributed by atoms with Crippen LogP contribution in [0.2, 0.25) is 0 Å². The molecule has 1 aromatic rings. The SMILES string of the molecule is CCCNc1ncc(S(=O)(=O)NCC2(C3CC3)CC2)cn1. The summed E-state index contributed by atoms with van der Waals surface area (Å²) in [6, 6.07) is 0. The van der Waals surface area contributed by atoms with Crippen molar-refractivity contribution in [3.8, 4) is 0 Å². The van der Waals surface area contributed by atoms with Gasteiger partial charge in [-0.15, -0.1) is 0 Å². The van der Waals surface area contributed by atoms with E-state index in [2.05, 4.69) is 20.0 Å². The standard InChI is InChI=1S/C14H22N4O2S/c1-2-7-15-13-16-8-12(9-17-13)21(19,20)18-10-14(5-6-14)11-3-4-11/h8-9,11,18H,2-7,10H2,1H3,(H,15,16,17). The Morgan fingerprint density at radius 1 is 1.29 bits per heavy atom. The maximum absolute atomic E-state index is 12.3. The molecule has 1 aromatic heterocycles.